The van der Waals surface area contributed by atoms with Crippen LogP contribution in [0.5, 0.6) is 0 Å². The zero-order valence-electron chi connectivity index (χ0n) is 19.7. The molecule has 2 N–H and O–H groups in total. The average Bonchev–Trinajstić information content (AvgIpc) is 2.86. The number of hydrogen-bond donors (Lipinski definition) is 2. The maximum Gasteiger partial charge on any atom is 0.333 e. The van der Waals surface area contributed by atoms with Crippen LogP contribution in [0.15, 0.2) is 84.9 Å². The molecule has 0 aliphatic carbocycles. The predicted octanol–water partition coefficient (Wildman–Crippen LogP) is 5.59. The van der Waals surface area contributed by atoms with E-state index in [1.165, 1.54) is 16.7 Å². The van der Waals surface area contributed by atoms with Gasteiger partial charge in [-0.2, -0.15) is 0 Å². The smallest absolute Gasteiger partial charge is 0.333 e. The van der Waals surface area contributed by atoms with E-state index in [0.29, 0.717) is 13.0 Å². The molecule has 4 nitrogen and oxygen atoms in total. The van der Waals surface area contributed by atoms with E-state index >= 15 is 0 Å². The van der Waals surface area contributed by atoms with E-state index in [-0.39, 0.29) is 5.92 Å². The van der Waals surface area contributed by atoms with Gasteiger partial charge in [-0.05, 0) is 48.4 Å². The first-order valence-corrected chi connectivity index (χ1v) is 12.3. The van der Waals surface area contributed by atoms with Crippen molar-refractivity contribution in [2.45, 2.75) is 44.6 Å². The number of hydrogen-bond acceptors (Lipinski definition) is 3. The molecule has 5 heteroatoms. The van der Waals surface area contributed by atoms with Crippen molar-refractivity contribution in [3.8, 4) is 0 Å². The van der Waals surface area contributed by atoms with E-state index in [1.54, 1.807) is 0 Å². The summed E-state index contributed by atoms with van der Waals surface area (Å²) in [7, 11) is 0. The second-order valence-corrected chi connectivity index (χ2v) is 8.77. The molecule has 0 radical (unpaired) electrons. The largest absolute Gasteiger partial charge is 0.479 e. The van der Waals surface area contributed by atoms with Gasteiger partial charge in [0.05, 0.1) is 4.99 Å². The minimum absolute atomic E-state index is 0.140. The molecule has 0 amide bonds. The van der Waals surface area contributed by atoms with Gasteiger partial charge in [0.25, 0.3) is 0 Å². The molecule has 0 spiro atoms. The highest BCUT2D eigenvalue weighted by molar-refractivity contribution is 7.80. The van der Waals surface area contributed by atoms with Crippen molar-refractivity contribution in [3.63, 3.8) is 0 Å². The number of aryl methyl sites for hydroxylation is 1. The number of nitrogens with one attached hydrogen (secondary N) is 1. The van der Waals surface area contributed by atoms with Crippen molar-refractivity contribution in [1.29, 1.82) is 0 Å². The highest BCUT2D eigenvalue weighted by atomic mass is 32.1. The van der Waals surface area contributed by atoms with Gasteiger partial charge >= 0.3 is 5.97 Å². The molecule has 0 saturated carbocycles. The summed E-state index contributed by atoms with van der Waals surface area (Å²) in [4.78, 5) is 12.2. The van der Waals surface area contributed by atoms with Gasteiger partial charge in [0.2, 0.25) is 0 Å². The minimum Gasteiger partial charge on any atom is -0.479 e. The van der Waals surface area contributed by atoms with Gasteiger partial charge < -0.3 is 15.2 Å². The third-order valence-corrected chi connectivity index (χ3v) is 6.31. The summed E-state index contributed by atoms with van der Waals surface area (Å²) in [5.74, 6) is -0.786. The lowest BCUT2D eigenvalue weighted by atomic mass is 9.91. The van der Waals surface area contributed by atoms with Crippen molar-refractivity contribution in [2.24, 2.45) is 0 Å². The Morgan fingerprint density at radius 1 is 0.882 bits per heavy atom. The molecule has 0 bridgehead atoms. The summed E-state index contributed by atoms with van der Waals surface area (Å²) in [5, 5.41) is 12.8. The van der Waals surface area contributed by atoms with Crippen LogP contribution in [-0.2, 0) is 28.8 Å². The third kappa shape index (κ3) is 8.08. The van der Waals surface area contributed by atoms with Crippen LogP contribution in [0.25, 0.3) is 0 Å². The van der Waals surface area contributed by atoms with Crippen LogP contribution >= 0.6 is 12.2 Å². The summed E-state index contributed by atoms with van der Waals surface area (Å²) < 4.78 is 5.33. The second-order valence-electron chi connectivity index (χ2n) is 8.33. The van der Waals surface area contributed by atoms with E-state index in [4.69, 9.17) is 17.0 Å². The van der Waals surface area contributed by atoms with Gasteiger partial charge in [0, 0.05) is 25.5 Å². The van der Waals surface area contributed by atoms with Crippen molar-refractivity contribution in [3.05, 3.63) is 107 Å². The first-order valence-electron chi connectivity index (χ1n) is 11.9. The van der Waals surface area contributed by atoms with E-state index < -0.39 is 12.1 Å². The molecular formula is C29H33NO3S. The van der Waals surface area contributed by atoms with E-state index in [0.717, 1.165) is 36.4 Å². The molecule has 0 saturated heterocycles. The molecule has 0 fully saturated rings. The van der Waals surface area contributed by atoms with E-state index in [1.807, 2.05) is 31.2 Å². The van der Waals surface area contributed by atoms with Crippen LogP contribution in [0.2, 0.25) is 0 Å². The number of carbonyl (C=O) groups is 1. The first-order chi connectivity index (χ1) is 16.6. The molecule has 3 aromatic carbocycles. The lowest BCUT2D eigenvalue weighted by molar-refractivity contribution is -0.149. The maximum atomic E-state index is 11.3. The Kier molecular flexibility index (Phi) is 10.3. The van der Waals surface area contributed by atoms with Crippen molar-refractivity contribution in [2.75, 3.05) is 13.2 Å². The van der Waals surface area contributed by atoms with Gasteiger partial charge in [-0.3, -0.25) is 0 Å². The normalized spacial score (nSPS) is 12.6. The molecule has 0 heterocycles. The number of aliphatic carboxylic acids is 1. The fraction of sp³-hybridized carbons (Fsp3) is 0.310. The van der Waals surface area contributed by atoms with Crippen molar-refractivity contribution in [1.82, 2.24) is 5.32 Å². The number of ether oxygens (including phenoxy) is 1. The molecule has 0 aliphatic rings. The highest BCUT2D eigenvalue weighted by Crippen LogP contribution is 2.23. The van der Waals surface area contributed by atoms with Crippen molar-refractivity contribution >= 4 is 23.2 Å². The molecule has 178 valence electrons. The van der Waals surface area contributed by atoms with Gasteiger partial charge in [0.1, 0.15) is 0 Å². The number of rotatable bonds is 13. The van der Waals surface area contributed by atoms with Gasteiger partial charge in [-0.1, -0.05) is 97.1 Å². The van der Waals surface area contributed by atoms with Crippen LogP contribution in [0.1, 0.15) is 41.5 Å². The van der Waals surface area contributed by atoms with Crippen LogP contribution < -0.4 is 5.32 Å². The zero-order valence-corrected chi connectivity index (χ0v) is 20.5. The average molecular weight is 476 g/mol. The maximum absolute atomic E-state index is 11.3. The van der Waals surface area contributed by atoms with Crippen molar-refractivity contribution < 1.29 is 14.6 Å². The molecule has 0 unspecified atom stereocenters. The minimum atomic E-state index is -0.926. The Balaban J connectivity index is 1.59. The summed E-state index contributed by atoms with van der Waals surface area (Å²) >= 11 is 5.83. The number of benzene rings is 3. The lowest BCUT2D eigenvalue weighted by Crippen LogP contribution is -2.29. The molecule has 34 heavy (non-hydrogen) atoms. The monoisotopic (exact) mass is 475 g/mol. The molecule has 3 aromatic rings. The van der Waals surface area contributed by atoms with Gasteiger partial charge in [0.15, 0.2) is 6.10 Å². The molecule has 3 rings (SSSR count). The quantitative estimate of drug-likeness (QED) is 0.315. The zero-order chi connectivity index (χ0) is 24.2. The van der Waals surface area contributed by atoms with Crippen LogP contribution in [0, 0.1) is 0 Å². The number of thiocarbonyl (C=S) groups is 1. The SMILES string of the molecule is CCO[C@H](Cc1ccc(CC[C@H](C(=S)NCCc2ccccc2)c2ccccc2)cc1)C(=O)O. The van der Waals surface area contributed by atoms with E-state index in [9.17, 15) is 9.90 Å². The summed E-state index contributed by atoms with van der Waals surface area (Å²) in [6, 6.07) is 29.0. The summed E-state index contributed by atoms with van der Waals surface area (Å²) in [6.45, 7) is 3.00. The van der Waals surface area contributed by atoms with Crippen LogP contribution in [0.3, 0.4) is 0 Å². The fourth-order valence-corrected chi connectivity index (χ4v) is 4.37. The van der Waals surface area contributed by atoms with E-state index in [2.05, 4.69) is 66.0 Å². The Morgan fingerprint density at radius 3 is 2.09 bits per heavy atom. The molecule has 2 atom stereocenters. The fourth-order valence-electron chi connectivity index (χ4n) is 4.02. The number of carboxylic acids is 1. The Morgan fingerprint density at radius 2 is 1.47 bits per heavy atom. The Labute approximate surface area is 208 Å². The first kappa shape index (κ1) is 25.6. The molecule has 0 aliphatic heterocycles. The molecular weight excluding hydrogens is 442 g/mol. The second kappa shape index (κ2) is 13.6. The Hall–Kier alpha value is -3.02. The lowest BCUT2D eigenvalue weighted by Gasteiger charge is -2.20. The number of carboxylic acid groups (broad SMARTS) is 1. The van der Waals surface area contributed by atoms with Gasteiger partial charge in [-0.15, -0.1) is 0 Å². The van der Waals surface area contributed by atoms with Crippen LogP contribution in [-0.4, -0.2) is 35.3 Å². The van der Waals surface area contributed by atoms with Gasteiger partial charge in [-0.25, -0.2) is 4.79 Å². The molecule has 0 aromatic heterocycles. The highest BCUT2D eigenvalue weighted by Gasteiger charge is 2.19. The standard InChI is InChI=1S/C29H33NO3S/c1-2-33-27(29(31)32)21-24-15-13-23(14-16-24)17-18-26(25-11-7-4-8-12-25)28(34)30-20-19-22-9-5-3-6-10-22/h3-16,26-27H,2,17-21H2,1H3,(H,30,34)(H,31,32)/t26-,27+/m0/s1. The predicted molar refractivity (Wildman–Crippen MR) is 141 cm³/mol. The summed E-state index contributed by atoms with van der Waals surface area (Å²) in [6.07, 6.45) is 2.28. The third-order valence-electron chi connectivity index (χ3n) is 5.88. The summed E-state index contributed by atoms with van der Waals surface area (Å²) in [5.41, 5.74) is 4.68. The van der Waals surface area contributed by atoms with Crippen LogP contribution in [0.4, 0.5) is 0 Å². The Bertz CT molecular complexity index is 1020. The topological polar surface area (TPSA) is 58.6 Å².